The minimum absolute atomic E-state index is 0.0862. The molecule has 2 heterocycles. The minimum atomic E-state index is -1.11. The summed E-state index contributed by atoms with van der Waals surface area (Å²) in [6.45, 7) is 3.73. The van der Waals surface area contributed by atoms with Gasteiger partial charge in [-0.1, -0.05) is 36.4 Å². The van der Waals surface area contributed by atoms with Crippen LogP contribution in [-0.2, 0) is 21.6 Å². The third kappa shape index (κ3) is 3.70. The number of benzene rings is 2. The van der Waals surface area contributed by atoms with Gasteiger partial charge in [0.1, 0.15) is 10.5 Å². The van der Waals surface area contributed by atoms with E-state index in [1.54, 1.807) is 31.2 Å². The third-order valence-corrected chi connectivity index (χ3v) is 6.32. The number of imide groups is 1. The highest BCUT2D eigenvalue weighted by molar-refractivity contribution is 7.13. The first-order valence-corrected chi connectivity index (χ1v) is 10.5. The highest BCUT2D eigenvalue weighted by Gasteiger charge is 2.49. The highest BCUT2D eigenvalue weighted by Crippen LogP contribution is 2.32. The lowest BCUT2D eigenvalue weighted by atomic mass is 9.88. The van der Waals surface area contributed by atoms with E-state index in [1.807, 2.05) is 36.6 Å². The summed E-state index contributed by atoms with van der Waals surface area (Å²) in [6.07, 6.45) is 0. The minimum Gasteiger partial charge on any atom is -0.465 e. The summed E-state index contributed by atoms with van der Waals surface area (Å²) in [5, 5.41) is 5.40. The van der Waals surface area contributed by atoms with Crippen LogP contribution in [0.3, 0.4) is 0 Å². The molecule has 0 aliphatic carbocycles. The van der Waals surface area contributed by atoms with Gasteiger partial charge in [0.15, 0.2) is 0 Å². The lowest BCUT2D eigenvalue weighted by molar-refractivity contribution is -0.131. The zero-order chi connectivity index (χ0) is 22.2. The van der Waals surface area contributed by atoms with E-state index in [0.29, 0.717) is 11.3 Å². The van der Waals surface area contributed by atoms with Crippen molar-refractivity contribution >= 4 is 29.2 Å². The number of aromatic nitrogens is 1. The molecule has 1 unspecified atom stereocenters. The summed E-state index contributed by atoms with van der Waals surface area (Å²) in [4.78, 5) is 43.2. The van der Waals surface area contributed by atoms with Crippen LogP contribution in [0.4, 0.5) is 4.79 Å². The van der Waals surface area contributed by atoms with Crippen molar-refractivity contribution in [3.63, 3.8) is 0 Å². The molecule has 1 atom stereocenters. The Morgan fingerprint density at radius 2 is 1.87 bits per heavy atom. The molecule has 7 nitrogen and oxygen atoms in total. The van der Waals surface area contributed by atoms with E-state index in [2.05, 4.69) is 10.3 Å². The maximum absolute atomic E-state index is 13.2. The normalized spacial score (nSPS) is 18.2. The van der Waals surface area contributed by atoms with Gasteiger partial charge in [-0.25, -0.2) is 14.6 Å². The fraction of sp³-hybridized carbons (Fsp3) is 0.217. The van der Waals surface area contributed by atoms with Crippen LogP contribution in [0.25, 0.3) is 10.6 Å². The number of methoxy groups -OCH3 is 1. The van der Waals surface area contributed by atoms with Crippen LogP contribution in [0.5, 0.6) is 0 Å². The van der Waals surface area contributed by atoms with E-state index in [9.17, 15) is 14.4 Å². The number of rotatable bonds is 5. The average Bonchev–Trinajstić information content (AvgIpc) is 3.33. The number of amides is 3. The van der Waals surface area contributed by atoms with Gasteiger partial charge in [0.25, 0.3) is 5.91 Å². The van der Waals surface area contributed by atoms with Crippen molar-refractivity contribution < 1.29 is 19.1 Å². The smallest absolute Gasteiger partial charge is 0.337 e. The molecule has 1 aromatic heterocycles. The molecule has 0 spiro atoms. The van der Waals surface area contributed by atoms with Crippen molar-refractivity contribution in [1.29, 1.82) is 0 Å². The van der Waals surface area contributed by atoms with E-state index in [4.69, 9.17) is 4.74 Å². The Kier molecular flexibility index (Phi) is 5.32. The molecule has 1 aliphatic rings. The first-order chi connectivity index (χ1) is 14.8. The second-order valence-corrected chi connectivity index (χ2v) is 8.33. The number of carbonyl (C=O) groups excluding carboxylic acids is 3. The third-order valence-electron chi connectivity index (χ3n) is 5.38. The van der Waals surface area contributed by atoms with Crippen molar-refractivity contribution in [2.75, 3.05) is 7.11 Å². The molecule has 4 rings (SSSR count). The molecule has 31 heavy (non-hydrogen) atoms. The van der Waals surface area contributed by atoms with Crippen LogP contribution in [-0.4, -0.2) is 34.9 Å². The topological polar surface area (TPSA) is 88.6 Å². The standard InChI is InChI=1S/C23H21N3O4S/c1-14-6-4-5-7-18(14)23(2)21(28)26(22(29)25-23)12-17-13-31-19(24-17)15-8-10-16(11-9-15)20(27)30-3/h4-11,13H,12H2,1-3H3,(H,25,29). The molecule has 0 bridgehead atoms. The molecule has 3 amide bonds. The SMILES string of the molecule is COC(=O)c1ccc(-c2nc(CN3C(=O)NC(C)(c4ccccc4C)C3=O)cs2)cc1. The molecule has 1 fully saturated rings. The Morgan fingerprint density at radius 3 is 2.55 bits per heavy atom. The van der Waals surface area contributed by atoms with E-state index < -0.39 is 17.5 Å². The lowest BCUT2D eigenvalue weighted by Crippen LogP contribution is -2.41. The van der Waals surface area contributed by atoms with Crippen LogP contribution in [0, 0.1) is 6.92 Å². The van der Waals surface area contributed by atoms with Gasteiger partial charge in [-0.3, -0.25) is 9.69 Å². The zero-order valence-corrected chi connectivity index (χ0v) is 18.2. The van der Waals surface area contributed by atoms with Crippen LogP contribution < -0.4 is 5.32 Å². The quantitative estimate of drug-likeness (QED) is 0.485. The van der Waals surface area contributed by atoms with Gasteiger partial charge in [-0.15, -0.1) is 11.3 Å². The molecule has 0 saturated carbocycles. The molecular formula is C23H21N3O4S. The average molecular weight is 436 g/mol. The number of hydrogen-bond donors (Lipinski definition) is 1. The predicted molar refractivity (Wildman–Crippen MR) is 117 cm³/mol. The zero-order valence-electron chi connectivity index (χ0n) is 17.3. The lowest BCUT2D eigenvalue weighted by Gasteiger charge is -2.24. The Balaban J connectivity index is 1.53. The number of thiazole rings is 1. The van der Waals surface area contributed by atoms with Gasteiger partial charge < -0.3 is 10.1 Å². The largest absolute Gasteiger partial charge is 0.465 e. The molecule has 1 N–H and O–H groups in total. The van der Waals surface area contributed by atoms with Crippen molar-refractivity contribution in [3.8, 4) is 10.6 Å². The van der Waals surface area contributed by atoms with Gasteiger partial charge in [0.05, 0.1) is 24.9 Å². The van der Waals surface area contributed by atoms with Gasteiger partial charge >= 0.3 is 12.0 Å². The molecule has 2 aromatic carbocycles. The van der Waals surface area contributed by atoms with Crippen LogP contribution >= 0.6 is 11.3 Å². The second-order valence-electron chi connectivity index (χ2n) is 7.47. The molecule has 1 aliphatic heterocycles. The number of nitrogens with zero attached hydrogens (tertiary/aromatic N) is 2. The highest BCUT2D eigenvalue weighted by atomic mass is 32.1. The van der Waals surface area contributed by atoms with Crippen molar-refractivity contribution in [2.24, 2.45) is 0 Å². The number of ether oxygens (including phenoxy) is 1. The fourth-order valence-corrected chi connectivity index (χ4v) is 4.51. The van der Waals surface area contributed by atoms with E-state index >= 15 is 0 Å². The number of esters is 1. The fourth-order valence-electron chi connectivity index (χ4n) is 3.70. The summed E-state index contributed by atoms with van der Waals surface area (Å²) < 4.78 is 4.71. The molecular weight excluding hydrogens is 414 g/mol. The molecule has 158 valence electrons. The number of urea groups is 1. The van der Waals surface area contributed by atoms with Crippen molar-refractivity contribution in [1.82, 2.24) is 15.2 Å². The number of aryl methyl sites for hydroxylation is 1. The van der Waals surface area contributed by atoms with E-state index in [-0.39, 0.29) is 12.5 Å². The summed E-state index contributed by atoms with van der Waals surface area (Å²) in [5.41, 5.74) is 2.52. The van der Waals surface area contributed by atoms with Crippen LogP contribution in [0.15, 0.2) is 53.9 Å². The summed E-state index contributed by atoms with van der Waals surface area (Å²) >= 11 is 1.41. The van der Waals surface area contributed by atoms with Crippen molar-refractivity contribution in [3.05, 3.63) is 76.3 Å². The molecule has 0 radical (unpaired) electrons. The van der Waals surface area contributed by atoms with E-state index in [0.717, 1.165) is 21.7 Å². The summed E-state index contributed by atoms with van der Waals surface area (Å²) in [7, 11) is 1.34. The van der Waals surface area contributed by atoms with Crippen LogP contribution in [0.1, 0.15) is 34.1 Å². The molecule has 3 aromatic rings. The first-order valence-electron chi connectivity index (χ1n) is 9.67. The number of hydrogen-bond acceptors (Lipinski definition) is 6. The maximum Gasteiger partial charge on any atom is 0.337 e. The van der Waals surface area contributed by atoms with Crippen molar-refractivity contribution in [2.45, 2.75) is 25.9 Å². The maximum atomic E-state index is 13.2. The summed E-state index contributed by atoms with van der Waals surface area (Å²) in [5.74, 6) is -0.703. The van der Waals surface area contributed by atoms with Crippen LogP contribution in [0.2, 0.25) is 0 Å². The Labute approximate surface area is 183 Å². The van der Waals surface area contributed by atoms with Gasteiger partial charge in [-0.05, 0) is 37.1 Å². The first kappa shape index (κ1) is 20.7. The number of carbonyl (C=O) groups is 3. The Morgan fingerprint density at radius 1 is 1.16 bits per heavy atom. The monoisotopic (exact) mass is 435 g/mol. The molecule has 8 heteroatoms. The van der Waals surface area contributed by atoms with E-state index in [1.165, 1.54) is 23.3 Å². The summed E-state index contributed by atoms with van der Waals surface area (Å²) in [6, 6.07) is 14.0. The van der Waals surface area contributed by atoms with Gasteiger partial charge in [-0.2, -0.15) is 0 Å². The Bertz CT molecular complexity index is 1170. The van der Waals surface area contributed by atoms with Gasteiger partial charge in [0.2, 0.25) is 0 Å². The Hall–Kier alpha value is -3.52. The van der Waals surface area contributed by atoms with Gasteiger partial charge in [0, 0.05) is 10.9 Å². The second kappa shape index (κ2) is 7.96. The predicted octanol–water partition coefficient (Wildman–Crippen LogP) is 3.87. The molecule has 1 saturated heterocycles. The number of nitrogens with one attached hydrogen (secondary N) is 1.